The van der Waals surface area contributed by atoms with E-state index in [-0.39, 0.29) is 11.1 Å². The van der Waals surface area contributed by atoms with Gasteiger partial charge in [-0.05, 0) is 82.9 Å². The van der Waals surface area contributed by atoms with E-state index < -0.39 is 11.8 Å². The van der Waals surface area contributed by atoms with E-state index in [1.165, 1.54) is 17.0 Å². The van der Waals surface area contributed by atoms with Gasteiger partial charge in [0.15, 0.2) is 0 Å². The van der Waals surface area contributed by atoms with E-state index in [1.54, 1.807) is 54.6 Å². The average molecular weight is 717 g/mol. The molecule has 0 unspecified atom stereocenters. The third-order valence-electron chi connectivity index (χ3n) is 10.2. The number of nitrogens with zero attached hydrogens (tertiary/aromatic N) is 6. The van der Waals surface area contributed by atoms with Crippen LogP contribution in [0.3, 0.4) is 0 Å². The van der Waals surface area contributed by atoms with Crippen LogP contribution >= 0.6 is 0 Å². The Balaban J connectivity index is 1.34. The Morgan fingerprint density at radius 2 is 0.875 bits per heavy atom. The lowest BCUT2D eigenvalue weighted by Gasteiger charge is -2.17. The number of imide groups is 1. The fourth-order valence-electron chi connectivity index (χ4n) is 7.77. The molecule has 8 nitrogen and oxygen atoms in total. The Labute approximate surface area is 320 Å². The summed E-state index contributed by atoms with van der Waals surface area (Å²) in [6.45, 7) is 0. The maximum Gasteiger partial charge on any atom is 0.268 e. The summed E-state index contributed by atoms with van der Waals surface area (Å²) in [5.74, 6) is -0.948. The summed E-state index contributed by atoms with van der Waals surface area (Å²) < 4.78 is 1.96. The first-order chi connectivity index (χ1) is 27.4. The molecule has 8 aromatic rings. The quantitative estimate of drug-likeness (QED) is 0.163. The van der Waals surface area contributed by atoms with Gasteiger partial charge in [-0.15, -0.1) is 0 Å². The molecule has 0 atom stereocenters. The van der Waals surface area contributed by atoms with Gasteiger partial charge in [-0.2, -0.15) is 21.0 Å². The standard InChI is InChI=1S/C48H24N6O2/c49-25-29-19-30(26-50)22-35(21-29)38-9-4-11-40-41-12-5-10-39(36-23-31(27-51)20-32(24-36)28-52)46(41)54(45(38)40)43-14-6-13-42-44(43)48(56)53(47(42)55)37-17-15-34(16-18-37)33-7-2-1-3-8-33/h1-24H. The van der Waals surface area contributed by atoms with Crippen molar-refractivity contribution in [3.05, 3.63) is 179 Å². The lowest BCUT2D eigenvalue weighted by molar-refractivity contribution is 0.0926. The minimum Gasteiger partial charge on any atom is -0.307 e. The molecule has 0 saturated carbocycles. The van der Waals surface area contributed by atoms with Gasteiger partial charge in [-0.1, -0.05) is 84.9 Å². The number of aromatic nitrogens is 1. The van der Waals surface area contributed by atoms with E-state index in [4.69, 9.17) is 0 Å². The Morgan fingerprint density at radius 1 is 0.411 bits per heavy atom. The second kappa shape index (κ2) is 13.1. The van der Waals surface area contributed by atoms with Gasteiger partial charge in [-0.3, -0.25) is 9.59 Å². The zero-order valence-electron chi connectivity index (χ0n) is 29.4. The normalized spacial score (nSPS) is 11.9. The highest BCUT2D eigenvalue weighted by Crippen LogP contribution is 2.44. The molecule has 0 N–H and O–H groups in total. The van der Waals surface area contributed by atoms with E-state index in [2.05, 4.69) is 24.3 Å². The Morgan fingerprint density at radius 3 is 1.38 bits per heavy atom. The van der Waals surface area contributed by atoms with Crippen molar-refractivity contribution in [1.82, 2.24) is 4.57 Å². The average Bonchev–Trinajstić information content (AvgIpc) is 3.74. The predicted octanol–water partition coefficient (Wildman–Crippen LogP) is 10.1. The van der Waals surface area contributed by atoms with Crippen molar-refractivity contribution >= 4 is 39.3 Å². The molecule has 2 heterocycles. The summed E-state index contributed by atoms with van der Waals surface area (Å²) >= 11 is 0. The van der Waals surface area contributed by atoms with Gasteiger partial charge < -0.3 is 4.57 Å². The lowest BCUT2D eigenvalue weighted by atomic mass is 9.97. The molecule has 1 aromatic heterocycles. The van der Waals surface area contributed by atoms with Crippen molar-refractivity contribution in [1.29, 1.82) is 21.0 Å². The van der Waals surface area contributed by atoms with Crippen molar-refractivity contribution in [2.24, 2.45) is 0 Å². The second-order valence-corrected chi connectivity index (χ2v) is 13.3. The van der Waals surface area contributed by atoms with E-state index in [0.717, 1.165) is 21.9 Å². The van der Waals surface area contributed by atoms with Crippen molar-refractivity contribution in [3.8, 4) is 63.3 Å². The highest BCUT2D eigenvalue weighted by molar-refractivity contribution is 6.36. The Bertz CT molecular complexity index is 2970. The van der Waals surface area contributed by atoms with Crippen LogP contribution in [0, 0.1) is 45.3 Å². The molecule has 1 aliphatic rings. The number of carbonyl (C=O) groups is 2. The molecule has 2 amide bonds. The summed E-state index contributed by atoms with van der Waals surface area (Å²) in [6, 6.07) is 52.5. The molecule has 56 heavy (non-hydrogen) atoms. The SMILES string of the molecule is N#Cc1cc(C#N)cc(-c2cccc3c4cccc(-c5cc(C#N)cc(C#N)c5)c4n(-c4cccc5c4C(=O)N(c4ccc(-c6ccccc6)cc4)C5=O)c23)c1. The van der Waals surface area contributed by atoms with E-state index in [1.807, 2.05) is 83.4 Å². The molecule has 0 spiro atoms. The molecule has 0 radical (unpaired) electrons. The first kappa shape index (κ1) is 33.3. The van der Waals surface area contributed by atoms with Gasteiger partial charge in [0, 0.05) is 21.9 Å². The van der Waals surface area contributed by atoms with Crippen LogP contribution in [0.2, 0.25) is 0 Å². The molecule has 258 valence electrons. The van der Waals surface area contributed by atoms with Crippen LogP contribution in [0.4, 0.5) is 5.69 Å². The molecule has 7 aromatic carbocycles. The molecule has 1 aliphatic heterocycles. The van der Waals surface area contributed by atoms with Gasteiger partial charge >= 0.3 is 0 Å². The summed E-state index contributed by atoms with van der Waals surface area (Å²) in [4.78, 5) is 30.2. The number of benzene rings is 7. The third kappa shape index (κ3) is 5.19. The van der Waals surface area contributed by atoms with E-state index in [0.29, 0.717) is 66.9 Å². The molecule has 0 aliphatic carbocycles. The van der Waals surface area contributed by atoms with Crippen LogP contribution in [0.25, 0.3) is 60.9 Å². The lowest BCUT2D eigenvalue weighted by Crippen LogP contribution is -2.29. The molecule has 0 fully saturated rings. The summed E-state index contributed by atoms with van der Waals surface area (Å²) in [7, 11) is 0. The zero-order chi connectivity index (χ0) is 38.5. The monoisotopic (exact) mass is 716 g/mol. The van der Waals surface area contributed by atoms with Crippen molar-refractivity contribution < 1.29 is 9.59 Å². The fraction of sp³-hybridized carbons (Fsp3) is 0. The molecule has 0 bridgehead atoms. The van der Waals surface area contributed by atoms with Crippen molar-refractivity contribution in [2.75, 3.05) is 4.90 Å². The number of para-hydroxylation sites is 2. The maximum atomic E-state index is 14.7. The number of amides is 2. The molecule has 9 rings (SSSR count). The number of nitriles is 4. The van der Waals surface area contributed by atoms with E-state index in [9.17, 15) is 30.6 Å². The summed E-state index contributed by atoms with van der Waals surface area (Å²) in [6.07, 6.45) is 0. The van der Waals surface area contributed by atoms with Crippen molar-refractivity contribution in [3.63, 3.8) is 0 Å². The van der Waals surface area contributed by atoms with Crippen LogP contribution < -0.4 is 4.90 Å². The van der Waals surface area contributed by atoms with Gasteiger partial charge in [0.25, 0.3) is 11.8 Å². The number of rotatable bonds is 5. The number of fused-ring (bicyclic) bond motifs is 4. The molecular formula is C48H24N6O2. The van der Waals surface area contributed by atoms with Gasteiger partial charge in [0.1, 0.15) is 0 Å². The van der Waals surface area contributed by atoms with Crippen LogP contribution in [-0.4, -0.2) is 16.4 Å². The minimum atomic E-state index is -0.491. The molecular weight excluding hydrogens is 693 g/mol. The smallest absolute Gasteiger partial charge is 0.268 e. The Hall–Kier alpha value is -8.56. The van der Waals surface area contributed by atoms with Gasteiger partial charge in [0.05, 0.1) is 80.1 Å². The van der Waals surface area contributed by atoms with Crippen LogP contribution in [0.1, 0.15) is 43.0 Å². The second-order valence-electron chi connectivity index (χ2n) is 13.3. The van der Waals surface area contributed by atoms with Crippen LogP contribution in [-0.2, 0) is 0 Å². The largest absolute Gasteiger partial charge is 0.307 e. The van der Waals surface area contributed by atoms with Crippen molar-refractivity contribution in [2.45, 2.75) is 0 Å². The zero-order valence-corrected chi connectivity index (χ0v) is 29.4. The first-order valence-corrected chi connectivity index (χ1v) is 17.6. The fourth-order valence-corrected chi connectivity index (χ4v) is 7.77. The van der Waals surface area contributed by atoms with Crippen LogP contribution in [0.5, 0.6) is 0 Å². The number of anilines is 1. The topological polar surface area (TPSA) is 137 Å². The minimum absolute atomic E-state index is 0.208. The Kier molecular flexibility index (Phi) is 7.81. The van der Waals surface area contributed by atoms with Crippen LogP contribution in [0.15, 0.2) is 146 Å². The molecule has 0 saturated heterocycles. The molecule has 8 heteroatoms. The number of carbonyl (C=O) groups excluding carboxylic acids is 2. The van der Waals surface area contributed by atoms with Gasteiger partial charge in [-0.25, -0.2) is 4.90 Å². The maximum absolute atomic E-state index is 14.7. The van der Waals surface area contributed by atoms with E-state index >= 15 is 0 Å². The third-order valence-corrected chi connectivity index (χ3v) is 10.2. The highest BCUT2D eigenvalue weighted by atomic mass is 16.2. The number of hydrogen-bond acceptors (Lipinski definition) is 6. The van der Waals surface area contributed by atoms with Gasteiger partial charge in [0.2, 0.25) is 0 Å². The highest BCUT2D eigenvalue weighted by Gasteiger charge is 2.39. The first-order valence-electron chi connectivity index (χ1n) is 17.6. The summed E-state index contributed by atoms with van der Waals surface area (Å²) in [5, 5.41) is 41.2. The summed E-state index contributed by atoms with van der Waals surface area (Å²) in [5.41, 5.74) is 8.46. The number of hydrogen-bond donors (Lipinski definition) is 0. The predicted molar refractivity (Wildman–Crippen MR) is 214 cm³/mol.